The third kappa shape index (κ3) is 42.0. The van der Waals surface area contributed by atoms with E-state index in [1.54, 1.807) is 20.8 Å². The van der Waals surface area contributed by atoms with Gasteiger partial charge in [-0.1, -0.05) is 162 Å². The quantitative estimate of drug-likeness (QED) is 0.0570. The predicted octanol–water partition coefficient (Wildman–Crippen LogP) is 10.4. The summed E-state index contributed by atoms with van der Waals surface area (Å²) in [6.45, 7) is 11.4. The lowest BCUT2D eigenvalue weighted by molar-refractivity contribution is -0.127. The number of nitrogens with one attached hydrogen (secondary N) is 3. The molecule has 3 N–H and O–H groups in total. The Kier molecular flexibility index (Phi) is 42.1. The van der Waals surface area contributed by atoms with Crippen molar-refractivity contribution in [2.75, 3.05) is 6.54 Å². The van der Waals surface area contributed by atoms with Crippen molar-refractivity contribution in [2.24, 2.45) is 0 Å². The number of halogens is 1. The van der Waals surface area contributed by atoms with Crippen molar-refractivity contribution in [3.05, 3.63) is 0 Å². The fourth-order valence-electron chi connectivity index (χ4n) is 6.14. The highest BCUT2D eigenvalue weighted by molar-refractivity contribution is 5.87. The third-order valence-corrected chi connectivity index (χ3v) is 9.34. The van der Waals surface area contributed by atoms with Gasteiger partial charge in [-0.05, 0) is 39.5 Å². The van der Waals surface area contributed by atoms with Gasteiger partial charge in [0.2, 0.25) is 17.7 Å². The maximum atomic E-state index is 12.2. The van der Waals surface area contributed by atoms with Crippen molar-refractivity contribution in [1.82, 2.24) is 16.0 Å². The van der Waals surface area contributed by atoms with Gasteiger partial charge in [0.05, 0.1) is 12.1 Å². The summed E-state index contributed by atoms with van der Waals surface area (Å²) in [4.78, 5) is 57.1. The normalized spacial score (nSPS) is 11.7. The van der Waals surface area contributed by atoms with E-state index in [1.807, 2.05) is 0 Å². The number of unbranched alkanes of at least 4 members (excludes halogenated alkanes) is 22. The first-order chi connectivity index (χ1) is 24.0. The zero-order valence-electron chi connectivity index (χ0n) is 34.1. The fourth-order valence-corrected chi connectivity index (χ4v) is 6.14. The molecule has 0 rings (SSSR count). The topological polar surface area (TPSA) is 121 Å². The molecule has 0 aromatic rings. The van der Waals surface area contributed by atoms with E-state index < -0.39 is 0 Å². The standard InChI is InChI=1S/C27H52N2O3.C15H29NO2.FH/c1-4-5-6-7-8-12-15-18-21-26(24(2)30)29-27(32)22-19-16-13-10-9-11-14-17-20-23-28-25(3)31;1-4-5-6-7-8-9-10-11-12-15(13(2)17)16-14(3)18;/h26H,4-23H2,1-3H3,(H,28,31)(H,29,32);15H,4-12H2,1-3H3,(H,16,18);1H. The largest absolute Gasteiger partial charge is 0.356 e. The third-order valence-electron chi connectivity index (χ3n) is 9.34. The molecule has 51 heavy (non-hydrogen) atoms. The van der Waals surface area contributed by atoms with Crippen LogP contribution in [0.25, 0.3) is 0 Å². The van der Waals surface area contributed by atoms with Crippen LogP contribution in [0.3, 0.4) is 0 Å². The Morgan fingerprint density at radius 1 is 0.412 bits per heavy atom. The SMILES string of the molecule is CCCCCCCCCCC(NC(=O)CCCCCCCCCCCNC(C)=O)C(C)=O.CCCCCCCCCCC(NC(C)=O)C(C)=O.F. The van der Waals surface area contributed by atoms with Crippen LogP contribution in [0.4, 0.5) is 4.70 Å². The molecule has 2 unspecified atom stereocenters. The number of carbonyl (C=O) groups is 5. The lowest BCUT2D eigenvalue weighted by Gasteiger charge is -2.16. The molecule has 0 saturated carbocycles. The molecular weight excluding hydrogens is 645 g/mol. The molecule has 0 aliphatic carbocycles. The molecule has 0 spiro atoms. The lowest BCUT2D eigenvalue weighted by Crippen LogP contribution is -2.39. The highest BCUT2D eigenvalue weighted by Crippen LogP contribution is 2.14. The van der Waals surface area contributed by atoms with Gasteiger partial charge in [-0.25, -0.2) is 0 Å². The molecule has 302 valence electrons. The Hall–Kier alpha value is -2.32. The van der Waals surface area contributed by atoms with Crippen LogP contribution < -0.4 is 16.0 Å². The molecule has 0 aliphatic heterocycles. The van der Waals surface area contributed by atoms with E-state index in [0.29, 0.717) is 6.42 Å². The van der Waals surface area contributed by atoms with Gasteiger partial charge in [-0.15, -0.1) is 0 Å². The van der Waals surface area contributed by atoms with Crippen LogP contribution in [0.1, 0.15) is 221 Å². The molecule has 0 heterocycles. The van der Waals surface area contributed by atoms with E-state index in [4.69, 9.17) is 0 Å². The minimum atomic E-state index is -0.298. The summed E-state index contributed by atoms with van der Waals surface area (Å²) in [5.41, 5.74) is 0. The molecule has 0 aliphatic rings. The monoisotopic (exact) mass is 728 g/mol. The van der Waals surface area contributed by atoms with E-state index in [2.05, 4.69) is 29.8 Å². The predicted molar refractivity (Wildman–Crippen MR) is 213 cm³/mol. The van der Waals surface area contributed by atoms with Crippen molar-refractivity contribution in [2.45, 2.75) is 233 Å². The number of hydrogen-bond donors (Lipinski definition) is 3. The van der Waals surface area contributed by atoms with Crippen LogP contribution in [0.5, 0.6) is 0 Å². The highest BCUT2D eigenvalue weighted by Gasteiger charge is 2.16. The molecule has 0 bridgehead atoms. The van der Waals surface area contributed by atoms with Crippen LogP contribution in [-0.4, -0.2) is 47.9 Å². The summed E-state index contributed by atoms with van der Waals surface area (Å²) in [7, 11) is 0. The second kappa shape index (κ2) is 40.5. The fraction of sp³-hybridized carbons (Fsp3) is 0.881. The van der Waals surface area contributed by atoms with Crippen molar-refractivity contribution in [1.29, 1.82) is 0 Å². The van der Waals surface area contributed by atoms with Crippen molar-refractivity contribution in [3.8, 4) is 0 Å². The van der Waals surface area contributed by atoms with Gasteiger partial charge < -0.3 is 16.0 Å². The smallest absolute Gasteiger partial charge is 0.220 e. The minimum Gasteiger partial charge on any atom is -0.356 e. The molecule has 2 atom stereocenters. The molecule has 0 fully saturated rings. The Bertz CT molecular complexity index is 854. The van der Waals surface area contributed by atoms with Crippen molar-refractivity contribution < 1.29 is 28.7 Å². The number of rotatable bonds is 34. The molecule has 9 heteroatoms. The van der Waals surface area contributed by atoms with E-state index in [-0.39, 0.29) is 46.1 Å². The Morgan fingerprint density at radius 3 is 1.10 bits per heavy atom. The van der Waals surface area contributed by atoms with Gasteiger partial charge in [-0.2, -0.15) is 0 Å². The Balaban J connectivity index is -0.00000103. The second-order valence-corrected chi connectivity index (χ2v) is 14.5. The minimum absolute atomic E-state index is 0. The summed E-state index contributed by atoms with van der Waals surface area (Å²) in [5.74, 6) is 0.115. The van der Waals surface area contributed by atoms with E-state index in [0.717, 1.165) is 64.3 Å². The zero-order chi connectivity index (χ0) is 37.7. The average molecular weight is 728 g/mol. The van der Waals surface area contributed by atoms with Crippen LogP contribution in [0.2, 0.25) is 0 Å². The number of carbonyl (C=O) groups excluding carboxylic acids is 5. The Morgan fingerprint density at radius 2 is 0.745 bits per heavy atom. The molecule has 0 aromatic heterocycles. The van der Waals surface area contributed by atoms with Gasteiger partial charge in [-0.3, -0.25) is 28.7 Å². The summed E-state index contributed by atoms with van der Waals surface area (Å²) in [5, 5.41) is 8.50. The number of amides is 3. The molecular formula is C42H82FN3O5. The van der Waals surface area contributed by atoms with E-state index in [1.165, 1.54) is 122 Å². The maximum Gasteiger partial charge on any atom is 0.220 e. The van der Waals surface area contributed by atoms with Gasteiger partial charge in [0.15, 0.2) is 11.6 Å². The Labute approximate surface area is 313 Å². The summed E-state index contributed by atoms with van der Waals surface area (Å²) in [6.07, 6.45) is 32.5. The summed E-state index contributed by atoms with van der Waals surface area (Å²) < 4.78 is 0. The van der Waals surface area contributed by atoms with Crippen molar-refractivity contribution in [3.63, 3.8) is 0 Å². The van der Waals surface area contributed by atoms with Crippen LogP contribution in [-0.2, 0) is 24.0 Å². The molecule has 8 nitrogen and oxygen atoms in total. The summed E-state index contributed by atoms with van der Waals surface area (Å²) >= 11 is 0. The zero-order valence-corrected chi connectivity index (χ0v) is 34.1. The second-order valence-electron chi connectivity index (χ2n) is 14.5. The first-order valence-electron chi connectivity index (χ1n) is 20.9. The molecule has 3 amide bonds. The first-order valence-corrected chi connectivity index (χ1v) is 20.9. The van der Waals surface area contributed by atoms with Gasteiger partial charge in [0.25, 0.3) is 0 Å². The van der Waals surface area contributed by atoms with E-state index in [9.17, 15) is 24.0 Å². The molecule has 0 radical (unpaired) electrons. The number of hydrogen-bond acceptors (Lipinski definition) is 5. The van der Waals surface area contributed by atoms with Gasteiger partial charge in [0.1, 0.15) is 0 Å². The first kappa shape index (κ1) is 53.0. The van der Waals surface area contributed by atoms with E-state index >= 15 is 0 Å². The van der Waals surface area contributed by atoms with Gasteiger partial charge >= 0.3 is 0 Å². The number of ketones is 2. The lowest BCUT2D eigenvalue weighted by atomic mass is 10.0. The highest BCUT2D eigenvalue weighted by atomic mass is 19.0. The van der Waals surface area contributed by atoms with Crippen LogP contribution in [0, 0.1) is 0 Å². The average Bonchev–Trinajstić information content (AvgIpc) is 3.06. The van der Waals surface area contributed by atoms with Crippen LogP contribution >= 0.6 is 0 Å². The molecule has 0 aromatic carbocycles. The number of Topliss-reactive ketones (excluding diaryl/α,β-unsaturated/α-hetero) is 2. The summed E-state index contributed by atoms with van der Waals surface area (Å²) in [6, 6.07) is -0.573. The van der Waals surface area contributed by atoms with Crippen LogP contribution in [0.15, 0.2) is 0 Å². The molecule has 0 saturated heterocycles. The van der Waals surface area contributed by atoms with Crippen molar-refractivity contribution >= 4 is 29.3 Å². The maximum absolute atomic E-state index is 12.2. The van der Waals surface area contributed by atoms with Gasteiger partial charge in [0, 0.05) is 26.8 Å².